The Bertz CT molecular complexity index is 853. The van der Waals surface area contributed by atoms with Crippen molar-refractivity contribution in [1.82, 2.24) is 5.32 Å². The number of aryl methyl sites for hydroxylation is 2. The second-order valence-electron chi connectivity index (χ2n) is 5.92. The zero-order valence-electron chi connectivity index (χ0n) is 14.7. The van der Waals surface area contributed by atoms with E-state index in [4.69, 9.17) is 0 Å². The minimum Gasteiger partial charge on any atom is -0.350 e. The zero-order chi connectivity index (χ0) is 19.4. The van der Waals surface area contributed by atoms with Crippen molar-refractivity contribution in [3.05, 3.63) is 64.5 Å². The van der Waals surface area contributed by atoms with Crippen LogP contribution in [0.2, 0.25) is 0 Å². The molecular formula is C19H19F3N2O2. The van der Waals surface area contributed by atoms with Crippen LogP contribution in [-0.4, -0.2) is 24.9 Å². The Kier molecular flexibility index (Phi) is 6.02. The van der Waals surface area contributed by atoms with E-state index in [9.17, 15) is 22.8 Å². The lowest BCUT2D eigenvalue weighted by Crippen LogP contribution is -2.38. The van der Waals surface area contributed by atoms with Crippen LogP contribution in [0.3, 0.4) is 0 Å². The molecule has 0 spiro atoms. The molecule has 0 fully saturated rings. The molecule has 0 radical (unpaired) electrons. The molecule has 4 nitrogen and oxygen atoms in total. The third kappa shape index (κ3) is 4.22. The van der Waals surface area contributed by atoms with Gasteiger partial charge in [-0.25, -0.2) is 13.2 Å². The molecular weight excluding hydrogens is 345 g/mol. The van der Waals surface area contributed by atoms with Gasteiger partial charge >= 0.3 is 0 Å². The number of rotatable bonds is 5. The maximum atomic E-state index is 13.6. The second-order valence-corrected chi connectivity index (χ2v) is 5.92. The monoisotopic (exact) mass is 364 g/mol. The summed E-state index contributed by atoms with van der Waals surface area (Å²) in [6, 6.07) is 7.09. The van der Waals surface area contributed by atoms with Gasteiger partial charge in [-0.2, -0.15) is 0 Å². The highest BCUT2D eigenvalue weighted by Crippen LogP contribution is 2.19. The van der Waals surface area contributed by atoms with E-state index >= 15 is 0 Å². The first-order chi connectivity index (χ1) is 12.2. The highest BCUT2D eigenvalue weighted by atomic mass is 19.2. The van der Waals surface area contributed by atoms with Crippen LogP contribution in [0, 0.1) is 31.3 Å². The van der Waals surface area contributed by atoms with Gasteiger partial charge in [-0.15, -0.1) is 0 Å². The van der Waals surface area contributed by atoms with Crippen LogP contribution in [0.15, 0.2) is 30.3 Å². The number of halogens is 3. The number of carbonyl (C=O) groups is 2. The Morgan fingerprint density at radius 2 is 1.69 bits per heavy atom. The van der Waals surface area contributed by atoms with Crippen LogP contribution < -0.4 is 10.2 Å². The molecule has 0 bridgehead atoms. The van der Waals surface area contributed by atoms with E-state index in [1.165, 1.54) is 11.8 Å². The van der Waals surface area contributed by atoms with E-state index in [2.05, 4.69) is 5.32 Å². The van der Waals surface area contributed by atoms with Crippen molar-refractivity contribution in [2.75, 3.05) is 18.0 Å². The minimum atomic E-state index is -1.70. The van der Waals surface area contributed by atoms with E-state index in [0.29, 0.717) is 11.8 Å². The summed E-state index contributed by atoms with van der Waals surface area (Å²) < 4.78 is 39.8. The van der Waals surface area contributed by atoms with E-state index in [1.807, 2.05) is 26.0 Å². The molecule has 0 heterocycles. The van der Waals surface area contributed by atoms with Crippen LogP contribution in [0.5, 0.6) is 0 Å². The maximum absolute atomic E-state index is 13.6. The van der Waals surface area contributed by atoms with Gasteiger partial charge in [0.25, 0.3) is 5.91 Å². The Labute approximate surface area is 149 Å². The van der Waals surface area contributed by atoms with E-state index < -0.39 is 28.9 Å². The van der Waals surface area contributed by atoms with Crippen molar-refractivity contribution < 1.29 is 22.8 Å². The number of amides is 2. The van der Waals surface area contributed by atoms with E-state index in [0.717, 1.165) is 17.2 Å². The summed E-state index contributed by atoms with van der Waals surface area (Å²) in [7, 11) is 0. The fraction of sp³-hybridized carbons (Fsp3) is 0.263. The molecule has 0 aliphatic carbocycles. The molecule has 0 unspecified atom stereocenters. The molecule has 0 atom stereocenters. The first kappa shape index (κ1) is 19.5. The molecule has 138 valence electrons. The fourth-order valence-electron chi connectivity index (χ4n) is 2.44. The maximum Gasteiger partial charge on any atom is 0.254 e. The number of carbonyl (C=O) groups excluding carboxylic acids is 2. The predicted octanol–water partition coefficient (Wildman–Crippen LogP) is 3.50. The first-order valence-corrected chi connectivity index (χ1v) is 7.99. The number of hydrogen-bond acceptors (Lipinski definition) is 2. The lowest BCUT2D eigenvalue weighted by molar-refractivity contribution is -0.116. The zero-order valence-corrected chi connectivity index (χ0v) is 14.7. The first-order valence-electron chi connectivity index (χ1n) is 7.99. The molecule has 0 aliphatic rings. The summed E-state index contributed by atoms with van der Waals surface area (Å²) in [5.74, 6) is -5.71. The summed E-state index contributed by atoms with van der Waals surface area (Å²) in [5.41, 5.74) is 2.18. The van der Waals surface area contributed by atoms with Crippen LogP contribution in [0.1, 0.15) is 28.4 Å². The van der Waals surface area contributed by atoms with Gasteiger partial charge in [0.15, 0.2) is 17.5 Å². The lowest BCUT2D eigenvalue weighted by Gasteiger charge is -2.22. The topological polar surface area (TPSA) is 49.4 Å². The number of hydrogen-bond donors (Lipinski definition) is 1. The highest BCUT2D eigenvalue weighted by Gasteiger charge is 2.19. The summed E-state index contributed by atoms with van der Waals surface area (Å²) in [6.07, 6.45) is 0. The highest BCUT2D eigenvalue weighted by molar-refractivity contribution is 5.95. The molecule has 2 amide bonds. The van der Waals surface area contributed by atoms with Crippen molar-refractivity contribution >= 4 is 17.5 Å². The lowest BCUT2D eigenvalue weighted by atomic mass is 10.1. The predicted molar refractivity (Wildman–Crippen MR) is 92.6 cm³/mol. The molecule has 26 heavy (non-hydrogen) atoms. The largest absolute Gasteiger partial charge is 0.350 e. The Balaban J connectivity index is 2.06. The van der Waals surface area contributed by atoms with Gasteiger partial charge in [0.1, 0.15) is 0 Å². The van der Waals surface area contributed by atoms with Gasteiger partial charge in [0.05, 0.1) is 5.56 Å². The molecule has 0 aromatic heterocycles. The number of benzene rings is 2. The minimum absolute atomic E-state index is 0.0176. The quantitative estimate of drug-likeness (QED) is 0.826. The van der Waals surface area contributed by atoms with E-state index in [1.54, 1.807) is 6.07 Å². The fourth-order valence-corrected chi connectivity index (χ4v) is 2.44. The molecule has 0 saturated heterocycles. The van der Waals surface area contributed by atoms with Crippen LogP contribution >= 0.6 is 0 Å². The molecule has 0 saturated carbocycles. The summed E-state index contributed by atoms with van der Waals surface area (Å²) in [4.78, 5) is 25.3. The van der Waals surface area contributed by atoms with Gasteiger partial charge in [-0.05, 0) is 49.2 Å². The smallest absolute Gasteiger partial charge is 0.254 e. The van der Waals surface area contributed by atoms with Gasteiger partial charge in [-0.1, -0.05) is 6.07 Å². The Morgan fingerprint density at radius 3 is 2.31 bits per heavy atom. The summed E-state index contributed by atoms with van der Waals surface area (Å²) in [5, 5.41) is 2.41. The molecule has 1 N–H and O–H groups in total. The van der Waals surface area contributed by atoms with Crippen molar-refractivity contribution in [2.24, 2.45) is 0 Å². The Morgan fingerprint density at radius 1 is 1.00 bits per heavy atom. The Hall–Kier alpha value is -2.83. The second kappa shape index (κ2) is 8.03. The van der Waals surface area contributed by atoms with Crippen molar-refractivity contribution in [2.45, 2.75) is 20.8 Å². The number of anilines is 1. The van der Waals surface area contributed by atoms with E-state index in [-0.39, 0.29) is 19.0 Å². The molecule has 7 heteroatoms. The van der Waals surface area contributed by atoms with Crippen LogP contribution in [0.25, 0.3) is 0 Å². The standard InChI is InChI=1S/C19H19F3N2O2/c1-11-4-5-14(10-12(11)2)24(13(3)25)9-8-23-19(26)15-6-7-16(20)18(22)17(15)21/h4-7,10H,8-9H2,1-3H3,(H,23,26). The van der Waals surface area contributed by atoms with Crippen molar-refractivity contribution in [3.8, 4) is 0 Å². The van der Waals surface area contributed by atoms with Gasteiger partial charge in [0, 0.05) is 25.7 Å². The SMILES string of the molecule is CC(=O)N(CCNC(=O)c1ccc(F)c(F)c1F)c1ccc(C)c(C)c1. The van der Waals surface area contributed by atoms with Crippen LogP contribution in [0.4, 0.5) is 18.9 Å². The average molecular weight is 364 g/mol. The molecule has 2 rings (SSSR count). The number of nitrogens with zero attached hydrogens (tertiary/aromatic N) is 1. The summed E-state index contributed by atoms with van der Waals surface area (Å²) in [6.45, 7) is 5.43. The molecule has 0 aliphatic heterocycles. The average Bonchev–Trinajstić information content (AvgIpc) is 2.59. The van der Waals surface area contributed by atoms with Crippen LogP contribution in [-0.2, 0) is 4.79 Å². The molecule has 2 aromatic rings. The van der Waals surface area contributed by atoms with Crippen molar-refractivity contribution in [1.29, 1.82) is 0 Å². The molecule has 2 aromatic carbocycles. The third-order valence-corrected chi connectivity index (χ3v) is 4.08. The van der Waals surface area contributed by atoms with Crippen molar-refractivity contribution in [3.63, 3.8) is 0 Å². The summed E-state index contributed by atoms with van der Waals surface area (Å²) >= 11 is 0. The van der Waals surface area contributed by atoms with Gasteiger partial charge < -0.3 is 10.2 Å². The van der Waals surface area contributed by atoms with Gasteiger partial charge in [-0.3, -0.25) is 9.59 Å². The van der Waals surface area contributed by atoms with Gasteiger partial charge in [0.2, 0.25) is 5.91 Å². The normalized spacial score (nSPS) is 10.5. The number of nitrogens with one attached hydrogen (secondary N) is 1. The third-order valence-electron chi connectivity index (χ3n) is 4.08.